The first kappa shape index (κ1) is 20.9. The van der Waals surface area contributed by atoms with Crippen molar-refractivity contribution in [2.24, 2.45) is 5.41 Å². The third-order valence-corrected chi connectivity index (χ3v) is 5.50. The molecule has 0 bridgehead atoms. The van der Waals surface area contributed by atoms with Crippen LogP contribution in [0.1, 0.15) is 61.0 Å². The van der Waals surface area contributed by atoms with Crippen molar-refractivity contribution in [3.8, 4) is 17.7 Å². The third-order valence-electron chi connectivity index (χ3n) is 4.46. The van der Waals surface area contributed by atoms with E-state index in [0.717, 1.165) is 30.6 Å². The summed E-state index contributed by atoms with van der Waals surface area (Å²) >= 11 is 1.20. The Morgan fingerprint density at radius 3 is 2.62 bits per heavy atom. The number of thiophene rings is 1. The topological polar surface area (TPSA) is 104 Å². The number of ether oxygens (including phenoxy) is 1. The molecule has 2 aromatic rings. The maximum absolute atomic E-state index is 11.6. The fraction of sp³-hybridized carbons (Fsp3) is 0.476. The molecule has 29 heavy (non-hydrogen) atoms. The van der Waals surface area contributed by atoms with Crippen LogP contribution in [0.3, 0.4) is 0 Å². The molecule has 8 heteroatoms. The van der Waals surface area contributed by atoms with Gasteiger partial charge in [-0.1, -0.05) is 11.8 Å². The van der Waals surface area contributed by atoms with Crippen LogP contribution in [0, 0.1) is 17.3 Å². The van der Waals surface area contributed by atoms with Gasteiger partial charge in [0, 0.05) is 23.6 Å². The number of aromatic amines is 1. The molecule has 154 valence electrons. The molecule has 3 N–H and O–H groups in total. The SMILES string of the molecule is CC(C)(C)C#Cc1cc(N[C@H]2CC[C@H](Oc3ccc(=O)[nH]n3)CC2)c(C(=O)O)s1. The van der Waals surface area contributed by atoms with Crippen LogP contribution in [0.2, 0.25) is 0 Å². The van der Waals surface area contributed by atoms with Crippen molar-refractivity contribution in [2.75, 3.05) is 5.32 Å². The predicted molar refractivity (Wildman–Crippen MR) is 113 cm³/mol. The van der Waals surface area contributed by atoms with Crippen molar-refractivity contribution in [1.29, 1.82) is 0 Å². The minimum absolute atomic E-state index is 0.0288. The number of H-pyrrole nitrogens is 1. The molecule has 7 nitrogen and oxygen atoms in total. The van der Waals surface area contributed by atoms with Gasteiger partial charge in [0.05, 0.1) is 10.6 Å². The van der Waals surface area contributed by atoms with Crippen molar-refractivity contribution in [3.05, 3.63) is 38.3 Å². The number of hydrogen-bond acceptors (Lipinski definition) is 6. The van der Waals surface area contributed by atoms with Crippen LogP contribution in [-0.4, -0.2) is 33.4 Å². The Kier molecular flexibility index (Phi) is 6.28. The lowest BCUT2D eigenvalue weighted by molar-refractivity contribution is 0.0703. The molecule has 2 aromatic heterocycles. The quantitative estimate of drug-likeness (QED) is 0.643. The fourth-order valence-corrected chi connectivity index (χ4v) is 3.89. The standard InChI is InChI=1S/C21H25N3O4S/c1-21(2,3)11-10-15-12-16(19(29-15)20(26)27)22-13-4-6-14(7-5-13)28-18-9-8-17(25)23-24-18/h8-9,12-14,22H,4-7H2,1-3H3,(H,23,25)(H,26,27)/t13-,14-. The number of anilines is 1. The molecule has 0 unspecified atom stereocenters. The molecule has 3 rings (SSSR count). The van der Waals surface area contributed by atoms with Gasteiger partial charge in [0.25, 0.3) is 5.56 Å². The average Bonchev–Trinajstić information content (AvgIpc) is 3.06. The number of aromatic carboxylic acids is 1. The van der Waals surface area contributed by atoms with Gasteiger partial charge in [0.2, 0.25) is 5.88 Å². The number of rotatable bonds is 5. The van der Waals surface area contributed by atoms with E-state index in [0.29, 0.717) is 16.4 Å². The van der Waals surface area contributed by atoms with Crippen molar-refractivity contribution in [2.45, 2.75) is 58.6 Å². The molecule has 1 fully saturated rings. The molecule has 1 saturated carbocycles. The number of hydrogen-bond donors (Lipinski definition) is 3. The number of carboxylic acid groups (broad SMARTS) is 1. The Hall–Kier alpha value is -2.79. The lowest BCUT2D eigenvalue weighted by Crippen LogP contribution is -2.31. The summed E-state index contributed by atoms with van der Waals surface area (Å²) in [4.78, 5) is 23.7. The number of aromatic nitrogens is 2. The summed E-state index contributed by atoms with van der Waals surface area (Å²) in [6.45, 7) is 6.07. The fourth-order valence-electron chi connectivity index (χ4n) is 3.08. The van der Waals surface area contributed by atoms with Crippen molar-refractivity contribution < 1.29 is 14.6 Å². The molecular weight excluding hydrogens is 390 g/mol. The third kappa shape index (κ3) is 6.09. The first-order valence-corrected chi connectivity index (χ1v) is 10.4. The Labute approximate surface area is 173 Å². The molecule has 0 spiro atoms. The first-order valence-electron chi connectivity index (χ1n) is 9.59. The number of nitrogens with one attached hydrogen (secondary N) is 2. The van der Waals surface area contributed by atoms with Crippen LogP contribution in [-0.2, 0) is 0 Å². The maximum atomic E-state index is 11.6. The zero-order valence-corrected chi connectivity index (χ0v) is 17.6. The molecule has 2 heterocycles. The Bertz CT molecular complexity index is 965. The minimum Gasteiger partial charge on any atom is -0.477 e. The van der Waals surface area contributed by atoms with Crippen molar-refractivity contribution in [1.82, 2.24) is 10.2 Å². The second-order valence-electron chi connectivity index (χ2n) is 8.15. The molecule has 0 amide bonds. The summed E-state index contributed by atoms with van der Waals surface area (Å²) < 4.78 is 5.82. The van der Waals surface area contributed by atoms with E-state index in [1.807, 2.05) is 26.8 Å². The molecule has 0 saturated heterocycles. The Morgan fingerprint density at radius 2 is 2.03 bits per heavy atom. The number of nitrogens with zero attached hydrogens (tertiary/aromatic N) is 1. The van der Waals surface area contributed by atoms with E-state index in [2.05, 4.69) is 27.4 Å². The van der Waals surface area contributed by atoms with Crippen LogP contribution in [0.15, 0.2) is 23.0 Å². The average molecular weight is 416 g/mol. The van der Waals surface area contributed by atoms with Gasteiger partial charge in [-0.05, 0) is 52.5 Å². The lowest BCUT2D eigenvalue weighted by atomic mass is 9.92. The highest BCUT2D eigenvalue weighted by molar-refractivity contribution is 7.15. The van der Waals surface area contributed by atoms with Gasteiger partial charge in [0.1, 0.15) is 11.0 Å². The molecule has 0 atom stereocenters. The minimum atomic E-state index is -0.942. The van der Waals surface area contributed by atoms with Crippen LogP contribution in [0.25, 0.3) is 0 Å². The van der Waals surface area contributed by atoms with E-state index in [1.54, 1.807) is 6.07 Å². The monoisotopic (exact) mass is 415 g/mol. The van der Waals surface area contributed by atoms with Gasteiger partial charge in [-0.3, -0.25) is 4.79 Å². The smallest absolute Gasteiger partial charge is 0.348 e. The normalized spacial score (nSPS) is 19.1. The summed E-state index contributed by atoms with van der Waals surface area (Å²) in [7, 11) is 0. The van der Waals surface area contributed by atoms with Gasteiger partial charge < -0.3 is 15.2 Å². The first-order chi connectivity index (χ1) is 13.7. The van der Waals surface area contributed by atoms with Crippen molar-refractivity contribution >= 4 is 23.0 Å². The van der Waals surface area contributed by atoms with E-state index < -0.39 is 5.97 Å². The second-order valence-corrected chi connectivity index (χ2v) is 9.21. The van der Waals surface area contributed by atoms with E-state index >= 15 is 0 Å². The van der Waals surface area contributed by atoms with Crippen LogP contribution < -0.4 is 15.6 Å². The largest absolute Gasteiger partial charge is 0.477 e. The number of carboxylic acids is 1. The molecule has 1 aliphatic carbocycles. The highest BCUT2D eigenvalue weighted by Gasteiger charge is 2.25. The van der Waals surface area contributed by atoms with E-state index in [1.165, 1.54) is 17.4 Å². The summed E-state index contributed by atoms with van der Waals surface area (Å²) in [5, 5.41) is 19.2. The molecular formula is C21H25N3O4S. The summed E-state index contributed by atoms with van der Waals surface area (Å²) in [5.41, 5.74) is 0.231. The van der Waals surface area contributed by atoms with Gasteiger partial charge in [0.15, 0.2) is 0 Å². The van der Waals surface area contributed by atoms with Crippen LogP contribution in [0.5, 0.6) is 5.88 Å². The van der Waals surface area contributed by atoms with Crippen molar-refractivity contribution in [3.63, 3.8) is 0 Å². The van der Waals surface area contributed by atoms with Crippen LogP contribution >= 0.6 is 11.3 Å². The van der Waals surface area contributed by atoms with E-state index in [4.69, 9.17) is 4.74 Å². The molecule has 1 aliphatic rings. The maximum Gasteiger partial charge on any atom is 0.348 e. The van der Waals surface area contributed by atoms with E-state index in [9.17, 15) is 14.7 Å². The lowest BCUT2D eigenvalue weighted by Gasteiger charge is -2.29. The summed E-state index contributed by atoms with van der Waals surface area (Å²) in [5.74, 6) is 5.71. The van der Waals surface area contributed by atoms with Gasteiger partial charge in [-0.2, -0.15) is 0 Å². The van der Waals surface area contributed by atoms with Gasteiger partial charge >= 0.3 is 5.97 Å². The highest BCUT2D eigenvalue weighted by atomic mass is 32.1. The Morgan fingerprint density at radius 1 is 1.31 bits per heavy atom. The van der Waals surface area contributed by atoms with E-state index in [-0.39, 0.29) is 23.1 Å². The number of carbonyl (C=O) groups is 1. The zero-order valence-electron chi connectivity index (χ0n) is 16.7. The predicted octanol–water partition coefficient (Wildman–Crippen LogP) is 3.73. The molecule has 0 radical (unpaired) electrons. The van der Waals surface area contributed by atoms with Gasteiger partial charge in [-0.15, -0.1) is 16.4 Å². The molecule has 0 aromatic carbocycles. The zero-order chi connectivity index (χ0) is 21.0. The highest BCUT2D eigenvalue weighted by Crippen LogP contribution is 2.31. The van der Waals surface area contributed by atoms with Gasteiger partial charge in [-0.25, -0.2) is 9.89 Å². The Balaban J connectivity index is 1.61. The summed E-state index contributed by atoms with van der Waals surface area (Å²) in [6, 6.07) is 4.96. The second kappa shape index (κ2) is 8.70. The summed E-state index contributed by atoms with van der Waals surface area (Å²) in [6.07, 6.45) is 3.38. The molecule has 0 aliphatic heterocycles. The van der Waals surface area contributed by atoms with Crippen LogP contribution in [0.4, 0.5) is 5.69 Å².